The lowest BCUT2D eigenvalue weighted by molar-refractivity contribution is -0.0586. The molecule has 1 fully saturated rings. The van der Waals surface area contributed by atoms with E-state index in [0.717, 1.165) is 0 Å². The van der Waals surface area contributed by atoms with Gasteiger partial charge < -0.3 is 15.4 Å². The van der Waals surface area contributed by atoms with E-state index >= 15 is 0 Å². The molecule has 1 aliphatic heterocycles. The molecule has 0 spiro atoms. The van der Waals surface area contributed by atoms with Crippen molar-refractivity contribution >= 4 is 11.6 Å². The number of morpholine rings is 1. The summed E-state index contributed by atoms with van der Waals surface area (Å²) in [6.07, 6.45) is 0.188. The van der Waals surface area contributed by atoms with Gasteiger partial charge >= 0.3 is 0 Å². The number of ether oxygens (including phenoxy) is 1. The number of nitrogen functional groups attached to an aromatic ring is 1. The van der Waals surface area contributed by atoms with Gasteiger partial charge in [-0.15, -0.1) is 0 Å². The maximum absolute atomic E-state index is 12.2. The molecule has 0 saturated carbocycles. The van der Waals surface area contributed by atoms with E-state index in [-0.39, 0.29) is 18.1 Å². The van der Waals surface area contributed by atoms with Crippen LogP contribution in [0.4, 0.5) is 5.69 Å². The third-order valence-corrected chi connectivity index (χ3v) is 2.86. The van der Waals surface area contributed by atoms with Gasteiger partial charge in [0.25, 0.3) is 5.91 Å². The summed E-state index contributed by atoms with van der Waals surface area (Å²) < 4.78 is 5.61. The Morgan fingerprint density at radius 1 is 1.24 bits per heavy atom. The van der Waals surface area contributed by atoms with E-state index < -0.39 is 0 Å². The van der Waals surface area contributed by atoms with E-state index in [0.29, 0.717) is 24.3 Å². The molecule has 4 heteroatoms. The molecule has 92 valence electrons. The van der Waals surface area contributed by atoms with E-state index in [1.807, 2.05) is 18.7 Å². The zero-order valence-electron chi connectivity index (χ0n) is 10.2. The minimum absolute atomic E-state index is 0.0481. The van der Waals surface area contributed by atoms with E-state index in [1.54, 1.807) is 24.3 Å². The molecule has 2 N–H and O–H groups in total. The fourth-order valence-electron chi connectivity index (χ4n) is 2.15. The number of rotatable bonds is 1. The average Bonchev–Trinajstić information content (AvgIpc) is 2.28. The van der Waals surface area contributed by atoms with E-state index in [1.165, 1.54) is 0 Å². The number of benzene rings is 1. The number of nitrogens with zero attached hydrogens (tertiary/aromatic N) is 1. The van der Waals surface area contributed by atoms with Crippen LogP contribution in [-0.2, 0) is 4.74 Å². The van der Waals surface area contributed by atoms with Gasteiger partial charge in [-0.05, 0) is 38.1 Å². The van der Waals surface area contributed by atoms with Crippen LogP contribution < -0.4 is 5.73 Å². The molecule has 1 saturated heterocycles. The van der Waals surface area contributed by atoms with Crippen LogP contribution >= 0.6 is 0 Å². The summed E-state index contributed by atoms with van der Waals surface area (Å²) in [5, 5.41) is 0. The third-order valence-electron chi connectivity index (χ3n) is 2.86. The molecular formula is C13H18N2O2. The molecular weight excluding hydrogens is 216 g/mol. The molecule has 1 aliphatic rings. The van der Waals surface area contributed by atoms with Gasteiger partial charge in [0.05, 0.1) is 12.2 Å². The number of amides is 1. The van der Waals surface area contributed by atoms with Crippen LogP contribution in [0, 0.1) is 0 Å². The highest BCUT2D eigenvalue weighted by Crippen LogP contribution is 2.15. The summed E-state index contributed by atoms with van der Waals surface area (Å²) in [6, 6.07) is 7.03. The molecule has 0 radical (unpaired) electrons. The van der Waals surface area contributed by atoms with Gasteiger partial charge in [-0.25, -0.2) is 0 Å². The molecule has 0 bridgehead atoms. The molecule has 1 aromatic carbocycles. The van der Waals surface area contributed by atoms with Crippen molar-refractivity contribution in [3.05, 3.63) is 29.8 Å². The first-order chi connectivity index (χ1) is 8.06. The molecule has 1 amide bonds. The zero-order valence-corrected chi connectivity index (χ0v) is 10.2. The minimum atomic E-state index is 0.0481. The smallest absolute Gasteiger partial charge is 0.254 e. The summed E-state index contributed by atoms with van der Waals surface area (Å²) >= 11 is 0. The molecule has 2 rings (SSSR count). The molecule has 2 atom stereocenters. The quantitative estimate of drug-likeness (QED) is 0.749. The lowest BCUT2D eigenvalue weighted by Gasteiger charge is -2.35. The number of carbonyl (C=O) groups is 1. The van der Waals surface area contributed by atoms with Crippen LogP contribution in [0.3, 0.4) is 0 Å². The molecule has 17 heavy (non-hydrogen) atoms. The summed E-state index contributed by atoms with van der Waals surface area (Å²) in [5.74, 6) is 0.0481. The Balaban J connectivity index is 2.11. The average molecular weight is 234 g/mol. The Morgan fingerprint density at radius 3 is 2.29 bits per heavy atom. The Hall–Kier alpha value is -1.55. The number of nitrogens with two attached hydrogens (primary N) is 1. The van der Waals surface area contributed by atoms with Crippen LogP contribution in [0.5, 0.6) is 0 Å². The second kappa shape index (κ2) is 4.75. The maximum Gasteiger partial charge on any atom is 0.254 e. The molecule has 0 aliphatic carbocycles. The number of carbonyl (C=O) groups excluding carboxylic acids is 1. The molecule has 4 nitrogen and oxygen atoms in total. The second-order valence-corrected chi connectivity index (χ2v) is 4.59. The van der Waals surface area contributed by atoms with Crippen molar-refractivity contribution in [3.8, 4) is 0 Å². The largest absolute Gasteiger partial charge is 0.399 e. The Morgan fingerprint density at radius 2 is 1.76 bits per heavy atom. The monoisotopic (exact) mass is 234 g/mol. The van der Waals surface area contributed by atoms with Crippen molar-refractivity contribution in [3.63, 3.8) is 0 Å². The molecule has 0 aromatic heterocycles. The first kappa shape index (κ1) is 11.9. The lowest BCUT2D eigenvalue weighted by Crippen LogP contribution is -2.48. The summed E-state index contributed by atoms with van der Waals surface area (Å²) in [7, 11) is 0. The van der Waals surface area contributed by atoms with Gasteiger partial charge in [-0.3, -0.25) is 4.79 Å². The van der Waals surface area contributed by atoms with Crippen molar-refractivity contribution in [2.24, 2.45) is 0 Å². The van der Waals surface area contributed by atoms with Gasteiger partial charge in [0.2, 0.25) is 0 Å². The van der Waals surface area contributed by atoms with E-state index in [4.69, 9.17) is 10.5 Å². The van der Waals surface area contributed by atoms with Gasteiger partial charge in [0, 0.05) is 24.3 Å². The molecule has 0 unspecified atom stereocenters. The van der Waals surface area contributed by atoms with Gasteiger partial charge in [0.15, 0.2) is 0 Å². The fourth-order valence-corrected chi connectivity index (χ4v) is 2.15. The summed E-state index contributed by atoms with van der Waals surface area (Å²) in [4.78, 5) is 14.1. The number of hydrogen-bond donors (Lipinski definition) is 1. The summed E-state index contributed by atoms with van der Waals surface area (Å²) in [5.41, 5.74) is 6.96. The van der Waals surface area contributed by atoms with Crippen molar-refractivity contribution in [1.29, 1.82) is 0 Å². The van der Waals surface area contributed by atoms with Gasteiger partial charge in [0.1, 0.15) is 0 Å². The second-order valence-electron chi connectivity index (χ2n) is 4.59. The van der Waals surface area contributed by atoms with Gasteiger partial charge in [-0.1, -0.05) is 0 Å². The minimum Gasteiger partial charge on any atom is -0.399 e. The molecule has 1 aromatic rings. The summed E-state index contributed by atoms with van der Waals surface area (Å²) in [6.45, 7) is 5.26. The van der Waals surface area contributed by atoms with E-state index in [9.17, 15) is 4.79 Å². The third kappa shape index (κ3) is 2.77. The van der Waals surface area contributed by atoms with E-state index in [2.05, 4.69) is 0 Å². The first-order valence-electron chi connectivity index (χ1n) is 5.86. The van der Waals surface area contributed by atoms with Crippen LogP contribution in [0.15, 0.2) is 24.3 Å². The highest BCUT2D eigenvalue weighted by atomic mass is 16.5. The van der Waals surface area contributed by atoms with Crippen LogP contribution in [0.25, 0.3) is 0 Å². The first-order valence-corrected chi connectivity index (χ1v) is 5.86. The standard InChI is InChI=1S/C13H18N2O2/c1-9-7-15(8-10(2)17-9)13(16)11-3-5-12(14)6-4-11/h3-6,9-10H,7-8,14H2,1-2H3/t9-,10+. The fraction of sp³-hybridized carbons (Fsp3) is 0.462. The van der Waals surface area contributed by atoms with Crippen LogP contribution in [-0.4, -0.2) is 36.1 Å². The van der Waals surface area contributed by atoms with Crippen molar-refractivity contribution in [1.82, 2.24) is 4.90 Å². The predicted octanol–water partition coefficient (Wildman–Crippen LogP) is 1.52. The highest BCUT2D eigenvalue weighted by Gasteiger charge is 2.26. The normalized spacial score (nSPS) is 24.7. The molecule has 1 heterocycles. The van der Waals surface area contributed by atoms with Crippen LogP contribution in [0.1, 0.15) is 24.2 Å². The highest BCUT2D eigenvalue weighted by molar-refractivity contribution is 5.94. The Labute approximate surface area is 101 Å². The van der Waals surface area contributed by atoms with Crippen molar-refractivity contribution in [2.75, 3.05) is 18.8 Å². The number of anilines is 1. The topological polar surface area (TPSA) is 55.6 Å². The van der Waals surface area contributed by atoms with Crippen LogP contribution in [0.2, 0.25) is 0 Å². The Kier molecular flexibility index (Phi) is 3.33. The van der Waals surface area contributed by atoms with Crippen molar-refractivity contribution < 1.29 is 9.53 Å². The van der Waals surface area contributed by atoms with Gasteiger partial charge in [-0.2, -0.15) is 0 Å². The number of hydrogen-bond acceptors (Lipinski definition) is 3. The maximum atomic E-state index is 12.2. The lowest BCUT2D eigenvalue weighted by atomic mass is 10.1. The SMILES string of the molecule is C[C@@H]1CN(C(=O)c2ccc(N)cc2)C[C@H](C)O1. The predicted molar refractivity (Wildman–Crippen MR) is 66.8 cm³/mol. The van der Waals surface area contributed by atoms with Crippen molar-refractivity contribution in [2.45, 2.75) is 26.1 Å². The zero-order chi connectivity index (χ0) is 12.4. The Bertz CT molecular complexity index is 392.